The van der Waals surface area contributed by atoms with E-state index in [0.29, 0.717) is 23.7 Å². The number of aromatic nitrogens is 2. The van der Waals surface area contributed by atoms with E-state index in [2.05, 4.69) is 15.6 Å². The van der Waals surface area contributed by atoms with Crippen molar-refractivity contribution in [2.24, 2.45) is 11.8 Å². The summed E-state index contributed by atoms with van der Waals surface area (Å²) < 4.78 is 13.3. The van der Waals surface area contributed by atoms with E-state index in [4.69, 9.17) is 20.4 Å². The summed E-state index contributed by atoms with van der Waals surface area (Å²) in [5.41, 5.74) is 4.17. The number of carbonyl (C=O) groups is 2. The van der Waals surface area contributed by atoms with Crippen LogP contribution in [-0.4, -0.2) is 66.9 Å². The number of hydrogen-bond donors (Lipinski definition) is 3. The van der Waals surface area contributed by atoms with Crippen molar-refractivity contribution in [3.8, 4) is 22.8 Å². The summed E-state index contributed by atoms with van der Waals surface area (Å²) in [5.74, 6) is 6.19. The zero-order chi connectivity index (χ0) is 26.9. The molecular formula is C28H42N6O4. The minimum absolute atomic E-state index is 0.0184. The van der Waals surface area contributed by atoms with Gasteiger partial charge in [-0.2, -0.15) is 5.10 Å². The number of rotatable bonds is 12. The molecular weight excluding hydrogens is 484 g/mol. The molecule has 1 aliphatic heterocycles. The lowest BCUT2D eigenvalue weighted by atomic mass is 9.99. The van der Waals surface area contributed by atoms with Crippen molar-refractivity contribution in [2.45, 2.75) is 63.8 Å². The molecule has 2 fully saturated rings. The van der Waals surface area contributed by atoms with Crippen LogP contribution in [0.4, 0.5) is 0 Å². The first-order valence-electron chi connectivity index (χ1n) is 13.8. The Kier molecular flexibility index (Phi) is 10.0. The molecule has 2 amide bonds. The largest absolute Gasteiger partial charge is 0.496 e. The summed E-state index contributed by atoms with van der Waals surface area (Å²) >= 11 is 0. The number of benzene rings is 1. The number of amides is 2. The van der Waals surface area contributed by atoms with Crippen molar-refractivity contribution in [1.29, 1.82) is 0 Å². The molecule has 0 bridgehead atoms. The third kappa shape index (κ3) is 6.85. The Morgan fingerprint density at radius 2 is 1.76 bits per heavy atom. The van der Waals surface area contributed by atoms with Gasteiger partial charge in [0.1, 0.15) is 11.5 Å². The molecule has 0 spiro atoms. The Hall–Kier alpha value is -3.11. The van der Waals surface area contributed by atoms with E-state index in [0.717, 1.165) is 63.0 Å². The standard InChI is InChI=1S/C28H42N6O4/c1-37-24-11-8-12-25(38-2)27(24)23-18-22(32-34(23)21-9-4-5-10-21)28(36)30-19-20(17-26(35)31-29)13-16-33-14-6-3-7-15-33/h8,11-12,18,20-21H,3-7,9-10,13-17,19,29H2,1-2H3,(H,30,36)(H,31,35)/t20-/m0/s1. The SMILES string of the molecule is COc1cccc(OC)c1-c1cc(C(=O)NC[C@@H](CCN2CCCCC2)CC(=O)NN)nn1C1CCCC1. The monoisotopic (exact) mass is 526 g/mol. The molecule has 1 saturated heterocycles. The number of ether oxygens (including phenoxy) is 2. The van der Waals surface area contributed by atoms with Crippen LogP contribution in [-0.2, 0) is 4.79 Å². The predicted molar refractivity (Wildman–Crippen MR) is 146 cm³/mol. The third-order valence-corrected chi connectivity index (χ3v) is 7.81. The molecule has 10 nitrogen and oxygen atoms in total. The Labute approximate surface area is 225 Å². The molecule has 2 aromatic rings. The number of hydrogen-bond acceptors (Lipinski definition) is 7. The van der Waals surface area contributed by atoms with Gasteiger partial charge in [-0.3, -0.25) is 19.7 Å². The fourth-order valence-electron chi connectivity index (χ4n) is 5.70. The van der Waals surface area contributed by atoms with Gasteiger partial charge in [-0.1, -0.05) is 25.3 Å². The lowest BCUT2D eigenvalue weighted by molar-refractivity contribution is -0.122. The van der Waals surface area contributed by atoms with Gasteiger partial charge >= 0.3 is 0 Å². The van der Waals surface area contributed by atoms with Crippen LogP contribution in [0.15, 0.2) is 24.3 Å². The van der Waals surface area contributed by atoms with Gasteiger partial charge in [-0.15, -0.1) is 0 Å². The van der Waals surface area contributed by atoms with E-state index < -0.39 is 0 Å². The number of methoxy groups -OCH3 is 2. The summed E-state index contributed by atoms with van der Waals surface area (Å²) in [6, 6.07) is 7.69. The Morgan fingerprint density at radius 1 is 1.08 bits per heavy atom. The molecule has 2 heterocycles. The van der Waals surface area contributed by atoms with Crippen LogP contribution < -0.4 is 26.1 Å². The first-order valence-corrected chi connectivity index (χ1v) is 13.8. The molecule has 1 aliphatic carbocycles. The second-order valence-electron chi connectivity index (χ2n) is 10.4. The van der Waals surface area contributed by atoms with E-state index in [1.807, 2.05) is 28.9 Å². The van der Waals surface area contributed by atoms with Crippen LogP contribution in [0.5, 0.6) is 11.5 Å². The fourth-order valence-corrected chi connectivity index (χ4v) is 5.70. The van der Waals surface area contributed by atoms with E-state index in [-0.39, 0.29) is 30.2 Å². The van der Waals surface area contributed by atoms with E-state index in [9.17, 15) is 9.59 Å². The molecule has 208 valence electrons. The van der Waals surface area contributed by atoms with Gasteiger partial charge in [0.15, 0.2) is 5.69 Å². The number of piperidine rings is 1. The van der Waals surface area contributed by atoms with E-state index >= 15 is 0 Å². The van der Waals surface area contributed by atoms with Gasteiger partial charge in [-0.25, -0.2) is 5.84 Å². The first-order chi connectivity index (χ1) is 18.5. The number of nitrogens with zero attached hydrogens (tertiary/aromatic N) is 3. The summed E-state index contributed by atoms with van der Waals surface area (Å²) in [7, 11) is 3.26. The number of nitrogens with two attached hydrogens (primary N) is 1. The molecule has 4 N–H and O–H groups in total. The van der Waals surface area contributed by atoms with Crippen LogP contribution in [0, 0.1) is 5.92 Å². The van der Waals surface area contributed by atoms with Crippen LogP contribution in [0.25, 0.3) is 11.3 Å². The Bertz CT molecular complexity index is 1050. The normalized spacial score (nSPS) is 17.2. The Balaban J connectivity index is 1.52. The van der Waals surface area contributed by atoms with Gasteiger partial charge in [-0.05, 0) is 75.9 Å². The second kappa shape index (κ2) is 13.6. The van der Waals surface area contributed by atoms with Crippen molar-refractivity contribution in [2.75, 3.05) is 40.4 Å². The highest BCUT2D eigenvalue weighted by molar-refractivity contribution is 5.94. The van der Waals surface area contributed by atoms with Crippen molar-refractivity contribution in [1.82, 2.24) is 25.4 Å². The van der Waals surface area contributed by atoms with Crippen molar-refractivity contribution >= 4 is 11.8 Å². The topological polar surface area (TPSA) is 124 Å². The summed E-state index contributed by atoms with van der Waals surface area (Å²) in [4.78, 5) is 27.8. The van der Waals surface area contributed by atoms with Crippen molar-refractivity contribution in [3.63, 3.8) is 0 Å². The van der Waals surface area contributed by atoms with Gasteiger partial charge in [0.05, 0.1) is 31.5 Å². The highest BCUT2D eigenvalue weighted by Crippen LogP contribution is 2.41. The first kappa shape index (κ1) is 27.9. The fraction of sp³-hybridized carbons (Fsp3) is 0.607. The van der Waals surface area contributed by atoms with Crippen LogP contribution in [0.1, 0.15) is 74.3 Å². The minimum Gasteiger partial charge on any atom is -0.496 e. The molecule has 0 radical (unpaired) electrons. The maximum absolute atomic E-state index is 13.3. The van der Waals surface area contributed by atoms with Gasteiger partial charge in [0.2, 0.25) is 5.91 Å². The van der Waals surface area contributed by atoms with Crippen LogP contribution in [0.3, 0.4) is 0 Å². The van der Waals surface area contributed by atoms with Crippen molar-refractivity contribution < 1.29 is 19.1 Å². The highest BCUT2D eigenvalue weighted by Gasteiger charge is 2.27. The highest BCUT2D eigenvalue weighted by atomic mass is 16.5. The molecule has 0 unspecified atom stereocenters. The van der Waals surface area contributed by atoms with E-state index in [1.165, 1.54) is 19.3 Å². The minimum atomic E-state index is -0.256. The summed E-state index contributed by atoms with van der Waals surface area (Å²) in [5, 5.41) is 7.82. The molecule has 1 aromatic heterocycles. The predicted octanol–water partition coefficient (Wildman–Crippen LogP) is 3.28. The Morgan fingerprint density at radius 3 is 2.39 bits per heavy atom. The van der Waals surface area contributed by atoms with Gasteiger partial charge in [0, 0.05) is 13.0 Å². The maximum atomic E-state index is 13.3. The molecule has 2 aliphatic rings. The average molecular weight is 527 g/mol. The summed E-state index contributed by atoms with van der Waals surface area (Å²) in [6.07, 6.45) is 9.09. The van der Waals surface area contributed by atoms with Gasteiger partial charge in [0.25, 0.3) is 5.91 Å². The zero-order valence-electron chi connectivity index (χ0n) is 22.7. The number of nitrogens with one attached hydrogen (secondary N) is 2. The van der Waals surface area contributed by atoms with Gasteiger partial charge < -0.3 is 19.7 Å². The quantitative estimate of drug-likeness (QED) is 0.220. The molecule has 4 rings (SSSR count). The molecule has 1 aromatic carbocycles. The molecule has 38 heavy (non-hydrogen) atoms. The lowest BCUT2D eigenvalue weighted by Gasteiger charge is -2.28. The second-order valence-corrected chi connectivity index (χ2v) is 10.4. The molecule has 10 heteroatoms. The van der Waals surface area contributed by atoms with Crippen LogP contribution in [0.2, 0.25) is 0 Å². The number of hydrazine groups is 1. The van der Waals surface area contributed by atoms with E-state index in [1.54, 1.807) is 14.2 Å². The van der Waals surface area contributed by atoms with Crippen molar-refractivity contribution in [3.05, 3.63) is 30.0 Å². The third-order valence-electron chi connectivity index (χ3n) is 7.81. The smallest absolute Gasteiger partial charge is 0.271 e. The maximum Gasteiger partial charge on any atom is 0.271 e. The summed E-state index contributed by atoms with van der Waals surface area (Å²) in [6.45, 7) is 3.47. The zero-order valence-corrected chi connectivity index (χ0v) is 22.7. The lowest BCUT2D eigenvalue weighted by Crippen LogP contribution is -2.38. The number of carbonyl (C=O) groups excluding carboxylic acids is 2. The molecule has 1 saturated carbocycles. The average Bonchev–Trinajstić information content (AvgIpc) is 3.64. The molecule has 1 atom stereocenters. The number of likely N-dealkylation sites (tertiary alicyclic amines) is 1. The van der Waals surface area contributed by atoms with Crippen LogP contribution >= 0.6 is 0 Å².